The predicted molar refractivity (Wildman–Crippen MR) is 84.5 cm³/mol. The van der Waals surface area contributed by atoms with Gasteiger partial charge in [0.25, 0.3) is 0 Å². The molecule has 0 saturated heterocycles. The molecule has 1 aromatic carbocycles. The minimum Gasteiger partial charge on any atom is -0.470 e. The summed E-state index contributed by atoms with van der Waals surface area (Å²) in [6.45, 7) is 3.17. The van der Waals surface area contributed by atoms with E-state index in [-0.39, 0.29) is 6.61 Å². The molecule has 2 aromatic heterocycles. The van der Waals surface area contributed by atoms with Crippen LogP contribution in [0.1, 0.15) is 24.7 Å². The van der Waals surface area contributed by atoms with Gasteiger partial charge in [-0.3, -0.25) is 4.68 Å². The summed E-state index contributed by atoms with van der Waals surface area (Å²) >= 11 is 0. The molecule has 0 atom stereocenters. The van der Waals surface area contributed by atoms with Gasteiger partial charge in [0.05, 0.1) is 23.5 Å². The van der Waals surface area contributed by atoms with E-state index in [1.54, 1.807) is 10.7 Å². The molecular formula is C17H19N3O2. The van der Waals surface area contributed by atoms with Gasteiger partial charge in [0.2, 0.25) is 5.88 Å². The Hall–Kier alpha value is -2.40. The molecule has 0 radical (unpaired) electrons. The minimum absolute atomic E-state index is 0.0371. The molecule has 0 amide bonds. The van der Waals surface area contributed by atoms with Gasteiger partial charge in [-0.2, -0.15) is 0 Å². The summed E-state index contributed by atoms with van der Waals surface area (Å²) in [4.78, 5) is 4.57. The van der Waals surface area contributed by atoms with Gasteiger partial charge in [0.15, 0.2) is 0 Å². The minimum atomic E-state index is -0.0371. The smallest absolute Gasteiger partial charge is 0.233 e. The molecule has 0 saturated carbocycles. The molecule has 3 aromatic rings. The molecule has 22 heavy (non-hydrogen) atoms. The fourth-order valence-corrected chi connectivity index (χ4v) is 2.37. The molecule has 0 bridgehead atoms. The zero-order valence-corrected chi connectivity index (χ0v) is 12.6. The maximum Gasteiger partial charge on any atom is 0.233 e. The van der Waals surface area contributed by atoms with E-state index < -0.39 is 0 Å². The lowest BCUT2D eigenvalue weighted by atomic mass is 10.2. The lowest BCUT2D eigenvalue weighted by Crippen LogP contribution is -2.04. The molecule has 0 aliphatic rings. The molecule has 5 heteroatoms. The van der Waals surface area contributed by atoms with Gasteiger partial charge < -0.3 is 9.84 Å². The summed E-state index contributed by atoms with van der Waals surface area (Å²) in [5, 5.41) is 14.8. The summed E-state index contributed by atoms with van der Waals surface area (Å²) in [7, 11) is 0. The SMILES string of the molecule is CCCn1nc(OCc2ccc3ccccc3n2)cc1CO. The third kappa shape index (κ3) is 3.09. The normalized spacial score (nSPS) is 11.0. The van der Waals surface area contributed by atoms with Crippen LogP contribution in [0.5, 0.6) is 5.88 Å². The number of aromatic nitrogens is 3. The van der Waals surface area contributed by atoms with Crippen molar-refractivity contribution in [3.8, 4) is 5.88 Å². The maximum absolute atomic E-state index is 9.33. The van der Waals surface area contributed by atoms with Crippen LogP contribution in [-0.4, -0.2) is 19.9 Å². The van der Waals surface area contributed by atoms with Gasteiger partial charge in [-0.15, -0.1) is 5.10 Å². The van der Waals surface area contributed by atoms with E-state index in [0.717, 1.165) is 35.3 Å². The monoisotopic (exact) mass is 297 g/mol. The second-order valence-corrected chi connectivity index (χ2v) is 5.14. The van der Waals surface area contributed by atoms with Crippen molar-refractivity contribution in [1.29, 1.82) is 0 Å². The van der Waals surface area contributed by atoms with Gasteiger partial charge in [-0.1, -0.05) is 31.2 Å². The van der Waals surface area contributed by atoms with Crippen molar-refractivity contribution < 1.29 is 9.84 Å². The number of hydrogen-bond donors (Lipinski definition) is 1. The maximum atomic E-state index is 9.33. The van der Waals surface area contributed by atoms with Crippen molar-refractivity contribution in [2.24, 2.45) is 0 Å². The van der Waals surface area contributed by atoms with E-state index in [2.05, 4.69) is 17.0 Å². The first-order valence-electron chi connectivity index (χ1n) is 7.45. The largest absolute Gasteiger partial charge is 0.470 e. The molecule has 114 valence electrons. The Labute approximate surface area is 129 Å². The number of rotatable bonds is 6. The molecular weight excluding hydrogens is 278 g/mol. The number of pyridine rings is 1. The van der Waals surface area contributed by atoms with Crippen molar-refractivity contribution in [1.82, 2.24) is 14.8 Å². The van der Waals surface area contributed by atoms with Crippen LogP contribution in [-0.2, 0) is 19.8 Å². The Morgan fingerprint density at radius 1 is 1.18 bits per heavy atom. The lowest BCUT2D eigenvalue weighted by Gasteiger charge is -2.04. The molecule has 3 rings (SSSR count). The van der Waals surface area contributed by atoms with Crippen molar-refractivity contribution in [2.75, 3.05) is 0 Å². The number of aliphatic hydroxyl groups is 1. The standard InChI is InChI=1S/C17H19N3O2/c1-2-9-20-15(11-21)10-17(19-20)22-12-14-8-7-13-5-3-4-6-16(13)18-14/h3-8,10,21H,2,9,11-12H2,1H3. The molecule has 5 nitrogen and oxygen atoms in total. The molecule has 0 fully saturated rings. The highest BCUT2D eigenvalue weighted by atomic mass is 16.5. The molecule has 0 unspecified atom stereocenters. The lowest BCUT2D eigenvalue weighted by molar-refractivity contribution is 0.267. The van der Waals surface area contributed by atoms with Gasteiger partial charge in [-0.25, -0.2) is 4.98 Å². The second kappa shape index (κ2) is 6.58. The fraction of sp³-hybridized carbons (Fsp3) is 0.294. The van der Waals surface area contributed by atoms with Crippen LogP contribution >= 0.6 is 0 Å². The number of fused-ring (bicyclic) bond motifs is 1. The predicted octanol–water partition coefficient (Wildman–Crippen LogP) is 2.91. The summed E-state index contributed by atoms with van der Waals surface area (Å²) < 4.78 is 7.49. The van der Waals surface area contributed by atoms with Crippen LogP contribution in [0.15, 0.2) is 42.5 Å². The fourth-order valence-electron chi connectivity index (χ4n) is 2.37. The van der Waals surface area contributed by atoms with Crippen LogP contribution in [0.2, 0.25) is 0 Å². The number of aryl methyl sites for hydroxylation is 1. The zero-order chi connectivity index (χ0) is 15.4. The average Bonchev–Trinajstić information content (AvgIpc) is 2.95. The Bertz CT molecular complexity index is 767. The number of para-hydroxylation sites is 1. The molecule has 0 aliphatic carbocycles. The number of hydrogen-bond acceptors (Lipinski definition) is 4. The first-order valence-corrected chi connectivity index (χ1v) is 7.45. The van der Waals surface area contributed by atoms with Crippen molar-refractivity contribution >= 4 is 10.9 Å². The first-order chi connectivity index (χ1) is 10.8. The Kier molecular flexibility index (Phi) is 4.34. The van der Waals surface area contributed by atoms with E-state index in [0.29, 0.717) is 12.5 Å². The summed E-state index contributed by atoms with van der Waals surface area (Å²) in [6, 6.07) is 13.8. The highest BCUT2D eigenvalue weighted by molar-refractivity contribution is 5.78. The number of nitrogens with zero attached hydrogens (tertiary/aromatic N) is 3. The van der Waals surface area contributed by atoms with Gasteiger partial charge >= 0.3 is 0 Å². The number of ether oxygens (including phenoxy) is 1. The van der Waals surface area contributed by atoms with Crippen LogP contribution in [0.4, 0.5) is 0 Å². The van der Waals surface area contributed by atoms with E-state index in [1.165, 1.54) is 0 Å². The van der Waals surface area contributed by atoms with E-state index in [9.17, 15) is 5.11 Å². The van der Waals surface area contributed by atoms with Gasteiger partial charge in [0, 0.05) is 18.0 Å². The topological polar surface area (TPSA) is 60.2 Å². The summed E-state index contributed by atoms with van der Waals surface area (Å²) in [5.74, 6) is 0.521. The zero-order valence-electron chi connectivity index (χ0n) is 12.6. The number of benzene rings is 1. The Balaban J connectivity index is 1.73. The van der Waals surface area contributed by atoms with Gasteiger partial charge in [0.1, 0.15) is 6.61 Å². The highest BCUT2D eigenvalue weighted by Gasteiger charge is 2.08. The summed E-state index contributed by atoms with van der Waals surface area (Å²) in [5.41, 5.74) is 2.58. The first kappa shape index (κ1) is 14.5. The van der Waals surface area contributed by atoms with Crippen molar-refractivity contribution in [3.63, 3.8) is 0 Å². The van der Waals surface area contributed by atoms with Crippen molar-refractivity contribution in [2.45, 2.75) is 33.1 Å². The molecule has 1 N–H and O–H groups in total. The Morgan fingerprint density at radius 3 is 2.86 bits per heavy atom. The summed E-state index contributed by atoms with van der Waals surface area (Å²) in [6.07, 6.45) is 0.959. The van der Waals surface area contributed by atoms with Crippen LogP contribution in [0, 0.1) is 0 Å². The van der Waals surface area contributed by atoms with E-state index >= 15 is 0 Å². The Morgan fingerprint density at radius 2 is 2.05 bits per heavy atom. The van der Waals surface area contributed by atoms with Gasteiger partial charge in [-0.05, 0) is 18.6 Å². The quantitative estimate of drug-likeness (QED) is 0.760. The van der Waals surface area contributed by atoms with Crippen molar-refractivity contribution in [3.05, 3.63) is 53.9 Å². The second-order valence-electron chi connectivity index (χ2n) is 5.14. The van der Waals surface area contributed by atoms with Crippen LogP contribution in [0.25, 0.3) is 10.9 Å². The number of aliphatic hydroxyl groups excluding tert-OH is 1. The highest BCUT2D eigenvalue weighted by Crippen LogP contribution is 2.16. The molecule has 0 spiro atoms. The van der Waals surface area contributed by atoms with E-state index in [4.69, 9.17) is 4.74 Å². The molecule has 2 heterocycles. The van der Waals surface area contributed by atoms with Crippen LogP contribution < -0.4 is 4.74 Å². The molecule has 0 aliphatic heterocycles. The van der Waals surface area contributed by atoms with E-state index in [1.807, 2.05) is 36.4 Å². The van der Waals surface area contributed by atoms with Crippen LogP contribution in [0.3, 0.4) is 0 Å². The third-order valence-electron chi connectivity index (χ3n) is 3.46. The third-order valence-corrected chi connectivity index (χ3v) is 3.46. The average molecular weight is 297 g/mol.